The molecular formula is C16H29N3. The Morgan fingerprint density at radius 3 is 2.79 bits per heavy atom. The number of rotatable bonds is 5. The molecule has 1 heterocycles. The van der Waals surface area contributed by atoms with E-state index in [2.05, 4.69) is 43.4 Å². The van der Waals surface area contributed by atoms with Crippen LogP contribution in [0.2, 0.25) is 0 Å². The standard InChI is InChI=1S/C16H29N3/c1-5-13-6-7-14(11-17-12(2)3)15(10-13)16-8-9-19(4)18-16/h8-9,12-15,17H,5-7,10-11H2,1-4H3. The van der Waals surface area contributed by atoms with Crippen molar-refractivity contribution >= 4 is 0 Å². The van der Waals surface area contributed by atoms with Gasteiger partial charge in [0.05, 0.1) is 5.69 Å². The Hall–Kier alpha value is -0.830. The van der Waals surface area contributed by atoms with Crippen molar-refractivity contribution in [3.63, 3.8) is 0 Å². The predicted molar refractivity (Wildman–Crippen MR) is 80.2 cm³/mol. The van der Waals surface area contributed by atoms with Crippen LogP contribution in [0.1, 0.15) is 58.1 Å². The molecular weight excluding hydrogens is 234 g/mol. The Bertz CT molecular complexity index is 383. The van der Waals surface area contributed by atoms with Crippen LogP contribution in [0.5, 0.6) is 0 Å². The van der Waals surface area contributed by atoms with Crippen LogP contribution in [-0.4, -0.2) is 22.4 Å². The molecule has 19 heavy (non-hydrogen) atoms. The fourth-order valence-electron chi connectivity index (χ4n) is 3.32. The highest BCUT2D eigenvalue weighted by atomic mass is 15.2. The van der Waals surface area contributed by atoms with Crippen molar-refractivity contribution in [2.24, 2.45) is 18.9 Å². The highest BCUT2D eigenvalue weighted by Crippen LogP contribution is 2.40. The lowest BCUT2D eigenvalue weighted by atomic mass is 9.72. The van der Waals surface area contributed by atoms with Crippen LogP contribution in [0.4, 0.5) is 0 Å². The van der Waals surface area contributed by atoms with E-state index in [9.17, 15) is 0 Å². The van der Waals surface area contributed by atoms with Crippen molar-refractivity contribution in [3.05, 3.63) is 18.0 Å². The summed E-state index contributed by atoms with van der Waals surface area (Å²) in [6, 6.07) is 2.79. The van der Waals surface area contributed by atoms with E-state index < -0.39 is 0 Å². The van der Waals surface area contributed by atoms with E-state index >= 15 is 0 Å². The Morgan fingerprint density at radius 1 is 1.42 bits per heavy atom. The summed E-state index contributed by atoms with van der Waals surface area (Å²) in [5.41, 5.74) is 1.30. The summed E-state index contributed by atoms with van der Waals surface area (Å²) in [5, 5.41) is 8.29. The molecule has 0 radical (unpaired) electrons. The minimum atomic E-state index is 0.577. The Balaban J connectivity index is 2.07. The van der Waals surface area contributed by atoms with Gasteiger partial charge in [0, 0.05) is 25.2 Å². The first-order chi connectivity index (χ1) is 9.10. The molecule has 2 rings (SSSR count). The molecule has 1 saturated carbocycles. The van der Waals surface area contributed by atoms with E-state index in [1.807, 2.05) is 11.7 Å². The van der Waals surface area contributed by atoms with E-state index in [-0.39, 0.29) is 0 Å². The van der Waals surface area contributed by atoms with E-state index in [1.165, 1.54) is 31.4 Å². The first-order valence-electron chi connectivity index (χ1n) is 7.83. The molecule has 1 aliphatic carbocycles. The lowest BCUT2D eigenvalue weighted by Crippen LogP contribution is -2.35. The predicted octanol–water partition coefficient (Wildman–Crippen LogP) is 3.33. The third-order valence-corrected chi connectivity index (χ3v) is 4.58. The van der Waals surface area contributed by atoms with Crippen molar-refractivity contribution in [1.29, 1.82) is 0 Å². The van der Waals surface area contributed by atoms with Gasteiger partial charge < -0.3 is 5.32 Å². The molecule has 1 fully saturated rings. The van der Waals surface area contributed by atoms with Crippen LogP contribution in [-0.2, 0) is 7.05 Å². The number of hydrogen-bond acceptors (Lipinski definition) is 2. The van der Waals surface area contributed by atoms with Gasteiger partial charge in [-0.2, -0.15) is 5.10 Å². The van der Waals surface area contributed by atoms with Gasteiger partial charge in [-0.25, -0.2) is 0 Å². The summed E-state index contributed by atoms with van der Waals surface area (Å²) >= 11 is 0. The number of aromatic nitrogens is 2. The highest BCUT2D eigenvalue weighted by Gasteiger charge is 2.32. The summed E-state index contributed by atoms with van der Waals surface area (Å²) in [7, 11) is 2.02. The smallest absolute Gasteiger partial charge is 0.0658 e. The lowest BCUT2D eigenvalue weighted by Gasteiger charge is -2.35. The minimum Gasteiger partial charge on any atom is -0.314 e. The van der Waals surface area contributed by atoms with Gasteiger partial charge in [0.25, 0.3) is 0 Å². The summed E-state index contributed by atoms with van der Waals surface area (Å²) in [5.74, 6) is 2.29. The fourth-order valence-corrected chi connectivity index (χ4v) is 3.32. The normalized spacial score (nSPS) is 27.9. The molecule has 108 valence electrons. The molecule has 1 aromatic rings. The second-order valence-electron chi connectivity index (χ2n) is 6.43. The van der Waals surface area contributed by atoms with E-state index in [1.54, 1.807) is 0 Å². The molecule has 3 heteroatoms. The first-order valence-corrected chi connectivity index (χ1v) is 7.83. The zero-order valence-corrected chi connectivity index (χ0v) is 12.9. The molecule has 0 spiro atoms. The Kier molecular flexibility index (Phi) is 5.03. The quantitative estimate of drug-likeness (QED) is 0.883. The van der Waals surface area contributed by atoms with Crippen molar-refractivity contribution in [2.45, 2.75) is 58.4 Å². The molecule has 0 bridgehead atoms. The monoisotopic (exact) mass is 263 g/mol. The molecule has 0 aromatic carbocycles. The summed E-state index contributed by atoms with van der Waals surface area (Å²) in [6.07, 6.45) is 7.45. The van der Waals surface area contributed by atoms with E-state index in [0.29, 0.717) is 12.0 Å². The second-order valence-corrected chi connectivity index (χ2v) is 6.43. The second kappa shape index (κ2) is 6.56. The van der Waals surface area contributed by atoms with Crippen molar-refractivity contribution < 1.29 is 0 Å². The number of nitrogens with one attached hydrogen (secondary N) is 1. The maximum absolute atomic E-state index is 4.67. The van der Waals surface area contributed by atoms with E-state index in [4.69, 9.17) is 0 Å². The molecule has 3 nitrogen and oxygen atoms in total. The summed E-state index contributed by atoms with van der Waals surface area (Å²) in [6.45, 7) is 7.92. The number of nitrogens with zero attached hydrogens (tertiary/aromatic N) is 2. The van der Waals surface area contributed by atoms with Gasteiger partial charge in [-0.05, 0) is 37.3 Å². The molecule has 0 amide bonds. The maximum atomic E-state index is 4.67. The first kappa shape index (κ1) is 14.6. The van der Waals surface area contributed by atoms with Crippen LogP contribution in [0.25, 0.3) is 0 Å². The molecule has 3 unspecified atom stereocenters. The van der Waals surface area contributed by atoms with Crippen LogP contribution in [0.15, 0.2) is 12.3 Å². The average Bonchev–Trinajstić information content (AvgIpc) is 2.82. The molecule has 1 aromatic heterocycles. The average molecular weight is 263 g/mol. The van der Waals surface area contributed by atoms with Gasteiger partial charge in [-0.1, -0.05) is 33.6 Å². The van der Waals surface area contributed by atoms with Crippen molar-refractivity contribution in [2.75, 3.05) is 6.54 Å². The Labute approximate surface area is 117 Å². The maximum Gasteiger partial charge on any atom is 0.0658 e. The van der Waals surface area contributed by atoms with Crippen molar-refractivity contribution in [1.82, 2.24) is 15.1 Å². The summed E-state index contributed by atoms with van der Waals surface area (Å²) in [4.78, 5) is 0. The molecule has 1 N–H and O–H groups in total. The summed E-state index contributed by atoms with van der Waals surface area (Å²) < 4.78 is 1.94. The van der Waals surface area contributed by atoms with Crippen LogP contribution in [0.3, 0.4) is 0 Å². The van der Waals surface area contributed by atoms with Gasteiger partial charge in [-0.15, -0.1) is 0 Å². The number of hydrogen-bond donors (Lipinski definition) is 1. The third kappa shape index (κ3) is 3.82. The zero-order valence-electron chi connectivity index (χ0n) is 12.9. The lowest BCUT2D eigenvalue weighted by molar-refractivity contribution is 0.219. The van der Waals surface area contributed by atoms with Crippen molar-refractivity contribution in [3.8, 4) is 0 Å². The van der Waals surface area contributed by atoms with Gasteiger partial charge in [0.2, 0.25) is 0 Å². The van der Waals surface area contributed by atoms with E-state index in [0.717, 1.165) is 18.4 Å². The molecule has 0 aliphatic heterocycles. The fraction of sp³-hybridized carbons (Fsp3) is 0.812. The third-order valence-electron chi connectivity index (χ3n) is 4.58. The van der Waals surface area contributed by atoms with Gasteiger partial charge in [-0.3, -0.25) is 4.68 Å². The zero-order chi connectivity index (χ0) is 13.8. The minimum absolute atomic E-state index is 0.577. The molecule has 1 aliphatic rings. The van der Waals surface area contributed by atoms with Gasteiger partial charge in [0.15, 0.2) is 0 Å². The molecule has 3 atom stereocenters. The molecule has 0 saturated heterocycles. The SMILES string of the molecule is CCC1CCC(CNC(C)C)C(c2ccn(C)n2)C1. The van der Waals surface area contributed by atoms with Gasteiger partial charge in [0.1, 0.15) is 0 Å². The number of aryl methyl sites for hydroxylation is 1. The topological polar surface area (TPSA) is 29.9 Å². The van der Waals surface area contributed by atoms with Crippen LogP contribution in [0, 0.1) is 11.8 Å². The highest BCUT2D eigenvalue weighted by molar-refractivity contribution is 5.10. The largest absolute Gasteiger partial charge is 0.314 e. The van der Waals surface area contributed by atoms with Crippen LogP contribution < -0.4 is 5.32 Å². The van der Waals surface area contributed by atoms with Gasteiger partial charge >= 0.3 is 0 Å². The Morgan fingerprint density at radius 2 is 2.21 bits per heavy atom. The van der Waals surface area contributed by atoms with Crippen LogP contribution >= 0.6 is 0 Å².